The number of methoxy groups -OCH3 is 1. The zero-order valence-corrected chi connectivity index (χ0v) is 9.15. The Bertz CT molecular complexity index is 361. The molecule has 0 saturated heterocycles. The van der Waals surface area contributed by atoms with Crippen molar-refractivity contribution in [1.29, 1.82) is 0 Å². The second-order valence-corrected chi connectivity index (χ2v) is 4.02. The number of aliphatic carboxylic acids is 1. The minimum atomic E-state index is -0.829. The van der Waals surface area contributed by atoms with Crippen molar-refractivity contribution in [3.05, 3.63) is 23.9 Å². The molecule has 0 fully saturated rings. The molecule has 1 N–H and O–H groups in total. The summed E-state index contributed by atoms with van der Waals surface area (Å²) in [4.78, 5) is 14.9. The van der Waals surface area contributed by atoms with Crippen molar-refractivity contribution in [3.63, 3.8) is 0 Å². The summed E-state index contributed by atoms with van der Waals surface area (Å²) in [5.41, 5.74) is 0.240. The maximum absolute atomic E-state index is 10.7. The minimum Gasteiger partial charge on any atom is -0.481 e. The molecule has 0 radical (unpaired) electrons. The largest absolute Gasteiger partial charge is 0.481 e. The summed E-state index contributed by atoms with van der Waals surface area (Å²) in [5, 5.41) is 8.78. The number of ether oxygens (including phenoxy) is 1. The van der Waals surface area contributed by atoms with Crippen molar-refractivity contribution in [3.8, 4) is 5.88 Å². The smallest absolute Gasteiger partial charge is 0.304 e. The lowest BCUT2D eigenvalue weighted by atomic mass is 9.85. The van der Waals surface area contributed by atoms with E-state index in [0.717, 1.165) is 5.69 Å². The van der Waals surface area contributed by atoms with Gasteiger partial charge in [-0.25, -0.2) is 4.98 Å². The monoisotopic (exact) mass is 209 g/mol. The zero-order valence-electron chi connectivity index (χ0n) is 9.15. The van der Waals surface area contributed by atoms with Crippen LogP contribution in [0.2, 0.25) is 0 Å². The van der Waals surface area contributed by atoms with Gasteiger partial charge in [-0.05, 0) is 6.07 Å². The highest BCUT2D eigenvalue weighted by atomic mass is 16.5. The van der Waals surface area contributed by atoms with Crippen LogP contribution in [0, 0.1) is 0 Å². The van der Waals surface area contributed by atoms with Crippen LogP contribution in [0.25, 0.3) is 0 Å². The van der Waals surface area contributed by atoms with Crippen LogP contribution in [0.5, 0.6) is 5.88 Å². The summed E-state index contributed by atoms with van der Waals surface area (Å²) < 4.78 is 5.00. The minimum absolute atomic E-state index is 0.0488. The fourth-order valence-electron chi connectivity index (χ4n) is 1.37. The number of carboxylic acid groups (broad SMARTS) is 1. The molecule has 0 aliphatic carbocycles. The maximum Gasteiger partial charge on any atom is 0.304 e. The zero-order chi connectivity index (χ0) is 11.5. The molecule has 0 bridgehead atoms. The molecule has 0 spiro atoms. The Morgan fingerprint density at radius 1 is 1.53 bits per heavy atom. The molecule has 1 aromatic rings. The first-order chi connectivity index (χ1) is 6.95. The number of rotatable bonds is 4. The summed E-state index contributed by atoms with van der Waals surface area (Å²) in [6, 6.07) is 5.36. The molecule has 15 heavy (non-hydrogen) atoms. The molecule has 4 heteroatoms. The predicted octanol–water partition coefficient (Wildman–Crippen LogP) is 1.84. The van der Waals surface area contributed by atoms with Crippen LogP contribution in [0.15, 0.2) is 18.2 Å². The van der Waals surface area contributed by atoms with Gasteiger partial charge in [0, 0.05) is 11.5 Å². The third kappa shape index (κ3) is 2.94. The van der Waals surface area contributed by atoms with Crippen molar-refractivity contribution in [2.24, 2.45) is 0 Å². The maximum atomic E-state index is 10.7. The number of carboxylic acids is 1. The first-order valence-corrected chi connectivity index (χ1v) is 4.69. The molecule has 0 aliphatic rings. The van der Waals surface area contributed by atoms with Gasteiger partial charge < -0.3 is 9.84 Å². The third-order valence-corrected chi connectivity index (χ3v) is 2.22. The van der Waals surface area contributed by atoms with Gasteiger partial charge in [0.2, 0.25) is 5.88 Å². The van der Waals surface area contributed by atoms with E-state index < -0.39 is 11.4 Å². The topological polar surface area (TPSA) is 59.4 Å². The van der Waals surface area contributed by atoms with Gasteiger partial charge in [-0.1, -0.05) is 19.9 Å². The highest BCUT2D eigenvalue weighted by Gasteiger charge is 2.25. The summed E-state index contributed by atoms with van der Waals surface area (Å²) in [5.74, 6) is -0.324. The van der Waals surface area contributed by atoms with E-state index in [9.17, 15) is 4.79 Å². The second kappa shape index (κ2) is 4.29. The average molecular weight is 209 g/mol. The SMILES string of the molecule is COc1cccc(C(C)(C)CC(=O)O)n1. The number of hydrogen-bond donors (Lipinski definition) is 1. The number of pyridine rings is 1. The molecule has 0 unspecified atom stereocenters. The van der Waals surface area contributed by atoms with E-state index in [4.69, 9.17) is 9.84 Å². The molecule has 0 amide bonds. The van der Waals surface area contributed by atoms with Gasteiger partial charge in [0.1, 0.15) is 0 Å². The van der Waals surface area contributed by atoms with Gasteiger partial charge in [-0.15, -0.1) is 0 Å². The van der Waals surface area contributed by atoms with Crippen LogP contribution in [-0.2, 0) is 10.2 Å². The standard InChI is InChI=1S/C11H15NO3/c1-11(2,7-10(13)14)8-5-4-6-9(12-8)15-3/h4-6H,7H2,1-3H3,(H,13,14). The van der Waals surface area contributed by atoms with Crippen LogP contribution in [0.4, 0.5) is 0 Å². The number of nitrogens with zero attached hydrogens (tertiary/aromatic N) is 1. The molecule has 0 atom stereocenters. The Labute approximate surface area is 88.9 Å². The van der Waals surface area contributed by atoms with Crippen LogP contribution >= 0.6 is 0 Å². The summed E-state index contributed by atoms with van der Waals surface area (Å²) in [6.45, 7) is 3.70. The normalized spacial score (nSPS) is 11.1. The molecule has 0 aromatic carbocycles. The Morgan fingerprint density at radius 3 is 2.73 bits per heavy atom. The Morgan fingerprint density at radius 2 is 2.20 bits per heavy atom. The number of hydrogen-bond acceptors (Lipinski definition) is 3. The van der Waals surface area contributed by atoms with Crippen LogP contribution < -0.4 is 4.74 Å². The molecular formula is C11H15NO3. The molecule has 1 aromatic heterocycles. The van der Waals surface area contributed by atoms with Crippen LogP contribution in [-0.4, -0.2) is 23.2 Å². The van der Waals surface area contributed by atoms with Crippen molar-refractivity contribution in [2.75, 3.05) is 7.11 Å². The fraction of sp³-hybridized carbons (Fsp3) is 0.455. The third-order valence-electron chi connectivity index (χ3n) is 2.22. The molecule has 0 aliphatic heterocycles. The number of carbonyl (C=O) groups is 1. The Balaban J connectivity index is 2.98. The predicted molar refractivity (Wildman–Crippen MR) is 56.1 cm³/mol. The first-order valence-electron chi connectivity index (χ1n) is 4.69. The molecular weight excluding hydrogens is 194 g/mol. The molecule has 82 valence electrons. The lowest BCUT2D eigenvalue weighted by Crippen LogP contribution is -2.23. The lowest BCUT2D eigenvalue weighted by molar-refractivity contribution is -0.138. The second-order valence-electron chi connectivity index (χ2n) is 4.02. The van der Waals surface area contributed by atoms with Gasteiger partial charge in [0.15, 0.2) is 0 Å². The molecule has 0 saturated carbocycles. The van der Waals surface area contributed by atoms with E-state index >= 15 is 0 Å². The average Bonchev–Trinajstić information content (AvgIpc) is 2.16. The molecule has 1 heterocycles. The summed E-state index contributed by atoms with van der Waals surface area (Å²) >= 11 is 0. The fourth-order valence-corrected chi connectivity index (χ4v) is 1.37. The van der Waals surface area contributed by atoms with Gasteiger partial charge in [0.05, 0.1) is 19.2 Å². The Kier molecular flexibility index (Phi) is 3.29. The summed E-state index contributed by atoms with van der Waals surface area (Å²) in [6.07, 6.45) is 0.0488. The van der Waals surface area contributed by atoms with Crippen molar-refractivity contribution < 1.29 is 14.6 Å². The van der Waals surface area contributed by atoms with Gasteiger partial charge in [-0.3, -0.25) is 4.79 Å². The van der Waals surface area contributed by atoms with Crippen molar-refractivity contribution >= 4 is 5.97 Å². The highest BCUT2D eigenvalue weighted by molar-refractivity contribution is 5.68. The first kappa shape index (κ1) is 11.5. The van der Waals surface area contributed by atoms with E-state index in [1.807, 2.05) is 26.0 Å². The van der Waals surface area contributed by atoms with E-state index in [0.29, 0.717) is 5.88 Å². The van der Waals surface area contributed by atoms with Crippen LogP contribution in [0.3, 0.4) is 0 Å². The van der Waals surface area contributed by atoms with E-state index in [1.165, 1.54) is 7.11 Å². The Hall–Kier alpha value is -1.58. The number of aromatic nitrogens is 1. The highest BCUT2D eigenvalue weighted by Crippen LogP contribution is 2.26. The quantitative estimate of drug-likeness (QED) is 0.822. The van der Waals surface area contributed by atoms with Crippen molar-refractivity contribution in [1.82, 2.24) is 4.98 Å². The van der Waals surface area contributed by atoms with Crippen molar-refractivity contribution in [2.45, 2.75) is 25.7 Å². The van der Waals surface area contributed by atoms with E-state index in [2.05, 4.69) is 4.98 Å². The van der Waals surface area contributed by atoms with Gasteiger partial charge in [0.25, 0.3) is 0 Å². The van der Waals surface area contributed by atoms with Gasteiger partial charge >= 0.3 is 5.97 Å². The lowest BCUT2D eigenvalue weighted by Gasteiger charge is -2.21. The van der Waals surface area contributed by atoms with E-state index in [1.54, 1.807) is 6.07 Å². The molecule has 4 nitrogen and oxygen atoms in total. The van der Waals surface area contributed by atoms with Crippen LogP contribution in [0.1, 0.15) is 26.0 Å². The van der Waals surface area contributed by atoms with E-state index in [-0.39, 0.29) is 6.42 Å². The van der Waals surface area contributed by atoms with Gasteiger partial charge in [-0.2, -0.15) is 0 Å². The molecule has 1 rings (SSSR count). The summed E-state index contributed by atoms with van der Waals surface area (Å²) in [7, 11) is 1.54.